The Bertz CT molecular complexity index is 464. The first-order chi connectivity index (χ1) is 9.31. The molecule has 0 aliphatic heterocycles. The van der Waals surface area contributed by atoms with Crippen LogP contribution in [0, 0.1) is 0 Å². The lowest BCUT2D eigenvalue weighted by Crippen LogP contribution is -2.29. The van der Waals surface area contributed by atoms with Crippen molar-refractivity contribution < 1.29 is 0 Å². The van der Waals surface area contributed by atoms with Crippen LogP contribution in [0.2, 0.25) is 0 Å². The maximum atomic E-state index is 3.40. The van der Waals surface area contributed by atoms with Crippen LogP contribution >= 0.6 is 0 Å². The van der Waals surface area contributed by atoms with E-state index in [1.165, 1.54) is 17.5 Å². The number of nitrogens with one attached hydrogen (secondary N) is 1. The van der Waals surface area contributed by atoms with Gasteiger partial charge in [0.25, 0.3) is 0 Å². The van der Waals surface area contributed by atoms with Gasteiger partial charge in [-0.15, -0.1) is 0 Å². The Morgan fingerprint density at radius 3 is 2.05 bits per heavy atom. The minimum atomic E-state index is 0.492. The highest BCUT2D eigenvalue weighted by Gasteiger charge is 2.17. The lowest BCUT2D eigenvalue weighted by Gasteiger charge is -2.24. The molecule has 19 heavy (non-hydrogen) atoms. The average Bonchev–Trinajstić information content (AvgIpc) is 2.49. The van der Waals surface area contributed by atoms with E-state index < -0.39 is 0 Å². The molecule has 0 fully saturated rings. The zero-order valence-corrected chi connectivity index (χ0v) is 11.8. The fraction of sp³-hybridized carbons (Fsp3) is 0.333. The first-order valence-corrected chi connectivity index (χ1v) is 7.07. The Morgan fingerprint density at radius 2 is 1.47 bits per heavy atom. The molecule has 0 spiro atoms. The molecule has 0 aliphatic rings. The van der Waals surface area contributed by atoms with Crippen LogP contribution < -0.4 is 5.32 Å². The van der Waals surface area contributed by atoms with E-state index in [9.17, 15) is 0 Å². The SMILES string of the molecule is CN[C@@H](C)[C@H](CCc1ccccc1)c1ccccc1. The summed E-state index contributed by atoms with van der Waals surface area (Å²) < 4.78 is 0. The standard InChI is InChI=1S/C18H23N/c1-15(19-2)18(17-11-7-4-8-12-17)14-13-16-9-5-3-6-10-16/h3-12,15,18-19H,13-14H2,1-2H3/t15-,18-/m0/s1. The smallest absolute Gasteiger partial charge is 0.0105 e. The highest BCUT2D eigenvalue weighted by molar-refractivity contribution is 5.22. The molecule has 1 N–H and O–H groups in total. The summed E-state index contributed by atoms with van der Waals surface area (Å²) >= 11 is 0. The monoisotopic (exact) mass is 253 g/mol. The Labute approximate surface area is 116 Å². The number of hydrogen-bond donors (Lipinski definition) is 1. The summed E-state index contributed by atoms with van der Waals surface area (Å²) in [5, 5.41) is 3.40. The van der Waals surface area contributed by atoms with Crippen molar-refractivity contribution in [1.82, 2.24) is 5.32 Å². The van der Waals surface area contributed by atoms with E-state index >= 15 is 0 Å². The van der Waals surface area contributed by atoms with E-state index in [1.807, 2.05) is 7.05 Å². The zero-order valence-electron chi connectivity index (χ0n) is 11.8. The van der Waals surface area contributed by atoms with Crippen molar-refractivity contribution in [2.45, 2.75) is 31.7 Å². The van der Waals surface area contributed by atoms with Crippen LogP contribution in [0.4, 0.5) is 0 Å². The van der Waals surface area contributed by atoms with E-state index in [4.69, 9.17) is 0 Å². The molecule has 2 aromatic carbocycles. The van der Waals surface area contributed by atoms with Crippen LogP contribution in [0.5, 0.6) is 0 Å². The number of benzene rings is 2. The first kappa shape index (κ1) is 13.8. The summed E-state index contributed by atoms with van der Waals surface area (Å²) in [6.07, 6.45) is 2.31. The van der Waals surface area contributed by atoms with Gasteiger partial charge >= 0.3 is 0 Å². The fourth-order valence-electron chi connectivity index (χ4n) is 2.57. The third-order valence-electron chi connectivity index (χ3n) is 3.87. The molecular formula is C18H23N. The molecule has 1 heteroatoms. The molecule has 2 aromatic rings. The minimum Gasteiger partial charge on any atom is -0.317 e. The Hall–Kier alpha value is -1.60. The van der Waals surface area contributed by atoms with Gasteiger partial charge in [-0.2, -0.15) is 0 Å². The third kappa shape index (κ3) is 3.93. The van der Waals surface area contributed by atoms with Crippen molar-refractivity contribution in [3.8, 4) is 0 Å². The van der Waals surface area contributed by atoms with Gasteiger partial charge in [-0.25, -0.2) is 0 Å². The minimum absolute atomic E-state index is 0.492. The predicted molar refractivity (Wildman–Crippen MR) is 82.5 cm³/mol. The van der Waals surface area contributed by atoms with Crippen LogP contribution in [0.25, 0.3) is 0 Å². The van der Waals surface area contributed by atoms with Crippen molar-refractivity contribution in [3.05, 3.63) is 71.8 Å². The van der Waals surface area contributed by atoms with Gasteiger partial charge in [0.2, 0.25) is 0 Å². The second-order valence-corrected chi connectivity index (χ2v) is 5.12. The predicted octanol–water partition coefficient (Wildman–Crippen LogP) is 4.01. The average molecular weight is 253 g/mol. The van der Waals surface area contributed by atoms with Gasteiger partial charge in [-0.1, -0.05) is 60.7 Å². The molecule has 0 heterocycles. The van der Waals surface area contributed by atoms with Crippen molar-refractivity contribution in [1.29, 1.82) is 0 Å². The molecule has 100 valence electrons. The molecule has 0 aromatic heterocycles. The molecule has 0 saturated heterocycles. The largest absolute Gasteiger partial charge is 0.317 e. The van der Waals surface area contributed by atoms with Crippen LogP contribution in [-0.2, 0) is 6.42 Å². The van der Waals surface area contributed by atoms with Gasteiger partial charge in [-0.05, 0) is 43.9 Å². The van der Waals surface area contributed by atoms with Gasteiger partial charge in [0.1, 0.15) is 0 Å². The lowest BCUT2D eigenvalue weighted by atomic mass is 9.87. The van der Waals surface area contributed by atoms with Gasteiger partial charge in [0.05, 0.1) is 0 Å². The van der Waals surface area contributed by atoms with Gasteiger partial charge in [-0.3, -0.25) is 0 Å². The van der Waals surface area contributed by atoms with E-state index in [0.717, 1.165) is 6.42 Å². The zero-order chi connectivity index (χ0) is 13.5. The van der Waals surface area contributed by atoms with E-state index in [0.29, 0.717) is 12.0 Å². The normalized spacial score (nSPS) is 14.0. The van der Waals surface area contributed by atoms with Crippen molar-refractivity contribution in [2.24, 2.45) is 0 Å². The Balaban J connectivity index is 2.07. The van der Waals surface area contributed by atoms with Crippen molar-refractivity contribution in [3.63, 3.8) is 0 Å². The van der Waals surface area contributed by atoms with Gasteiger partial charge in [0, 0.05) is 6.04 Å². The van der Waals surface area contributed by atoms with Crippen molar-refractivity contribution in [2.75, 3.05) is 7.05 Å². The molecular weight excluding hydrogens is 230 g/mol. The Kier molecular flexibility index (Phi) is 5.17. The quantitative estimate of drug-likeness (QED) is 0.820. The summed E-state index contributed by atoms with van der Waals surface area (Å²) in [7, 11) is 2.04. The third-order valence-corrected chi connectivity index (χ3v) is 3.87. The van der Waals surface area contributed by atoms with Gasteiger partial charge < -0.3 is 5.32 Å². The van der Waals surface area contributed by atoms with Crippen LogP contribution in [0.15, 0.2) is 60.7 Å². The molecule has 0 saturated carbocycles. The number of aryl methyl sites for hydroxylation is 1. The summed E-state index contributed by atoms with van der Waals surface area (Å²) in [6.45, 7) is 2.27. The maximum Gasteiger partial charge on any atom is 0.0105 e. The van der Waals surface area contributed by atoms with Crippen LogP contribution in [0.3, 0.4) is 0 Å². The Morgan fingerprint density at radius 1 is 0.895 bits per heavy atom. The lowest BCUT2D eigenvalue weighted by molar-refractivity contribution is 0.468. The summed E-state index contributed by atoms with van der Waals surface area (Å²) in [5.74, 6) is 0.561. The van der Waals surface area contributed by atoms with Gasteiger partial charge in [0.15, 0.2) is 0 Å². The second kappa shape index (κ2) is 7.10. The summed E-state index contributed by atoms with van der Waals surface area (Å²) in [4.78, 5) is 0. The second-order valence-electron chi connectivity index (χ2n) is 5.12. The first-order valence-electron chi connectivity index (χ1n) is 7.07. The molecule has 0 aliphatic carbocycles. The molecule has 0 radical (unpaired) electrons. The fourth-order valence-corrected chi connectivity index (χ4v) is 2.57. The number of likely N-dealkylation sites (N-methyl/N-ethyl adjacent to an activating group) is 1. The van der Waals surface area contributed by atoms with E-state index in [-0.39, 0.29) is 0 Å². The molecule has 0 amide bonds. The van der Waals surface area contributed by atoms with Crippen molar-refractivity contribution >= 4 is 0 Å². The van der Waals surface area contributed by atoms with Crippen LogP contribution in [0.1, 0.15) is 30.4 Å². The van der Waals surface area contributed by atoms with Crippen LogP contribution in [-0.4, -0.2) is 13.1 Å². The maximum absolute atomic E-state index is 3.40. The summed E-state index contributed by atoms with van der Waals surface area (Å²) in [6, 6.07) is 22.1. The van der Waals surface area contributed by atoms with E-state index in [2.05, 4.69) is 72.9 Å². The molecule has 2 rings (SSSR count). The summed E-state index contributed by atoms with van der Waals surface area (Å²) in [5.41, 5.74) is 2.85. The van der Waals surface area contributed by atoms with E-state index in [1.54, 1.807) is 0 Å². The molecule has 0 unspecified atom stereocenters. The number of hydrogen-bond acceptors (Lipinski definition) is 1. The highest BCUT2D eigenvalue weighted by atomic mass is 14.9. The highest BCUT2D eigenvalue weighted by Crippen LogP contribution is 2.25. The molecule has 2 atom stereocenters. The molecule has 1 nitrogen and oxygen atoms in total. The number of rotatable bonds is 6. The topological polar surface area (TPSA) is 12.0 Å². The molecule has 0 bridgehead atoms.